The largest absolute Gasteiger partial charge is 0.508 e. The van der Waals surface area contributed by atoms with Gasteiger partial charge < -0.3 is 31.2 Å². The topological polar surface area (TPSA) is 132 Å². The third-order valence-electron chi connectivity index (χ3n) is 6.21. The molecule has 0 aromatic heterocycles. The maximum Gasteiger partial charge on any atom is 0.397 e. The fourth-order valence-corrected chi connectivity index (χ4v) is 4.02. The number of carbonyl (C=O) groups excluding carboxylic acids is 3. The SMILES string of the molecule is CC(C)(c1cc(Cl)cc([C@H](CC=O)NC(=O)CNC(=O)c2cc(O)cc(NC3=NCC(F)CN3)c2)c1)C(F)(F)F. The predicted molar refractivity (Wildman–Crippen MR) is 141 cm³/mol. The van der Waals surface area contributed by atoms with Crippen molar-refractivity contribution in [1.29, 1.82) is 0 Å². The molecule has 40 heavy (non-hydrogen) atoms. The summed E-state index contributed by atoms with van der Waals surface area (Å²) in [5.74, 6) is -1.45. The van der Waals surface area contributed by atoms with Crippen LogP contribution < -0.4 is 21.3 Å². The highest BCUT2D eigenvalue weighted by Gasteiger charge is 2.48. The van der Waals surface area contributed by atoms with Crippen LogP contribution in [0, 0.1) is 0 Å². The minimum absolute atomic E-state index is 0.00419. The first-order valence-electron chi connectivity index (χ1n) is 12.1. The number of aliphatic imine (C=N–C) groups is 1. The molecule has 2 aromatic carbocycles. The van der Waals surface area contributed by atoms with Crippen molar-refractivity contribution in [3.8, 4) is 5.75 Å². The molecule has 0 spiro atoms. The van der Waals surface area contributed by atoms with Gasteiger partial charge >= 0.3 is 6.18 Å². The summed E-state index contributed by atoms with van der Waals surface area (Å²) in [7, 11) is 0. The summed E-state index contributed by atoms with van der Waals surface area (Å²) in [5.41, 5.74) is -1.93. The van der Waals surface area contributed by atoms with Crippen LogP contribution >= 0.6 is 11.6 Å². The first-order valence-corrected chi connectivity index (χ1v) is 12.5. The number of aromatic hydroxyl groups is 1. The highest BCUT2D eigenvalue weighted by atomic mass is 35.5. The Morgan fingerprint density at radius 2 is 1.93 bits per heavy atom. The van der Waals surface area contributed by atoms with Crippen LogP contribution in [0.25, 0.3) is 0 Å². The average Bonchev–Trinajstić information content (AvgIpc) is 2.87. The van der Waals surface area contributed by atoms with Crippen LogP contribution in [-0.2, 0) is 15.0 Å². The van der Waals surface area contributed by atoms with Gasteiger partial charge in [-0.2, -0.15) is 13.2 Å². The van der Waals surface area contributed by atoms with Gasteiger partial charge in [0.05, 0.1) is 31.1 Å². The van der Waals surface area contributed by atoms with Crippen LogP contribution in [0.15, 0.2) is 41.4 Å². The summed E-state index contributed by atoms with van der Waals surface area (Å²) in [5, 5.41) is 20.5. The Labute approximate surface area is 232 Å². The highest BCUT2D eigenvalue weighted by molar-refractivity contribution is 6.30. The van der Waals surface area contributed by atoms with Crippen LogP contribution in [0.5, 0.6) is 5.75 Å². The molecule has 1 aliphatic heterocycles. The number of carbonyl (C=O) groups is 3. The fraction of sp³-hybridized carbons (Fsp3) is 0.385. The minimum atomic E-state index is -4.58. The molecule has 0 fully saturated rings. The molecule has 9 nitrogen and oxygen atoms in total. The molecule has 2 aromatic rings. The molecule has 1 unspecified atom stereocenters. The minimum Gasteiger partial charge on any atom is -0.508 e. The van der Waals surface area contributed by atoms with Gasteiger partial charge in [0, 0.05) is 28.8 Å². The van der Waals surface area contributed by atoms with E-state index in [0.29, 0.717) is 6.29 Å². The molecule has 216 valence electrons. The summed E-state index contributed by atoms with van der Waals surface area (Å²) in [6.07, 6.45) is -5.46. The van der Waals surface area contributed by atoms with Crippen molar-refractivity contribution in [3.05, 3.63) is 58.1 Å². The van der Waals surface area contributed by atoms with Crippen molar-refractivity contribution < 1.29 is 37.1 Å². The first kappa shape index (κ1) is 30.7. The van der Waals surface area contributed by atoms with Gasteiger partial charge in [-0.1, -0.05) is 17.7 Å². The molecule has 0 saturated carbocycles. The van der Waals surface area contributed by atoms with Gasteiger partial charge in [-0.25, -0.2) is 9.38 Å². The van der Waals surface area contributed by atoms with Gasteiger partial charge in [0.2, 0.25) is 5.91 Å². The van der Waals surface area contributed by atoms with E-state index in [1.54, 1.807) is 0 Å². The zero-order chi connectivity index (χ0) is 29.7. The Hall–Kier alpha value is -3.87. The predicted octanol–water partition coefficient (Wildman–Crippen LogP) is 3.77. The molecule has 1 heterocycles. The normalized spacial score (nSPS) is 16.3. The quantitative estimate of drug-likeness (QED) is 0.225. The number of hydrogen-bond donors (Lipinski definition) is 5. The Morgan fingerprint density at radius 1 is 1.20 bits per heavy atom. The van der Waals surface area contributed by atoms with Crippen LogP contribution in [-0.4, -0.2) is 61.1 Å². The van der Waals surface area contributed by atoms with Crippen molar-refractivity contribution in [2.45, 2.75) is 44.1 Å². The number of phenolic OH excluding ortho intramolecular Hbond substituents is 1. The molecular formula is C26H28ClF4N5O4. The van der Waals surface area contributed by atoms with Crippen molar-refractivity contribution in [1.82, 2.24) is 16.0 Å². The van der Waals surface area contributed by atoms with E-state index in [-0.39, 0.29) is 58.6 Å². The molecule has 0 bridgehead atoms. The number of nitrogens with one attached hydrogen (secondary N) is 4. The van der Waals surface area contributed by atoms with E-state index in [1.807, 2.05) is 0 Å². The summed E-state index contributed by atoms with van der Waals surface area (Å²) in [4.78, 5) is 40.5. The summed E-state index contributed by atoms with van der Waals surface area (Å²) < 4.78 is 54.0. The molecule has 14 heteroatoms. The number of benzene rings is 2. The van der Waals surface area contributed by atoms with Gasteiger partial charge in [-0.3, -0.25) is 9.59 Å². The average molecular weight is 586 g/mol. The monoisotopic (exact) mass is 585 g/mol. The standard InChI is InChI=1S/C26H28ClF4N5O4/c1-25(2,26(29,30)31)16-5-14(6-17(27)9-16)21(3-4-37)36-22(39)13-32-23(40)15-7-19(10-20(38)8-15)35-24-33-11-18(28)12-34-24/h4-10,18,21,38H,3,11-13H2,1-2H3,(H,32,40)(H,36,39)(H2,33,34,35)/t21-/m0/s1. The van der Waals surface area contributed by atoms with E-state index in [1.165, 1.54) is 30.3 Å². The van der Waals surface area contributed by atoms with E-state index in [0.717, 1.165) is 19.9 Å². The second kappa shape index (κ2) is 12.5. The van der Waals surface area contributed by atoms with Crippen molar-refractivity contribution in [2.75, 3.05) is 25.0 Å². The highest BCUT2D eigenvalue weighted by Crippen LogP contribution is 2.42. The lowest BCUT2D eigenvalue weighted by molar-refractivity contribution is -0.180. The number of hydrogen-bond acceptors (Lipinski definition) is 7. The lowest BCUT2D eigenvalue weighted by Crippen LogP contribution is -2.41. The molecule has 3 rings (SSSR count). The molecule has 0 saturated heterocycles. The number of aldehydes is 1. The van der Waals surface area contributed by atoms with Gasteiger partial charge in [-0.15, -0.1) is 0 Å². The molecule has 2 amide bonds. The maximum atomic E-state index is 13.6. The first-order chi connectivity index (χ1) is 18.7. The van der Waals surface area contributed by atoms with Crippen molar-refractivity contribution in [2.24, 2.45) is 4.99 Å². The van der Waals surface area contributed by atoms with E-state index in [2.05, 4.69) is 26.3 Å². The number of amides is 2. The zero-order valence-corrected chi connectivity index (χ0v) is 22.3. The number of halogens is 5. The van der Waals surface area contributed by atoms with Gasteiger partial charge in [0.1, 0.15) is 18.2 Å². The molecular weight excluding hydrogens is 558 g/mol. The number of alkyl halides is 4. The van der Waals surface area contributed by atoms with Gasteiger partial charge in [0.15, 0.2) is 5.96 Å². The Balaban J connectivity index is 1.68. The van der Waals surface area contributed by atoms with Crippen molar-refractivity contribution in [3.63, 3.8) is 0 Å². The molecule has 1 aliphatic rings. The Bertz CT molecular complexity index is 1300. The van der Waals surface area contributed by atoms with Gasteiger partial charge in [0.25, 0.3) is 5.91 Å². The second-order valence-electron chi connectivity index (χ2n) is 9.66. The maximum absolute atomic E-state index is 13.6. The smallest absolute Gasteiger partial charge is 0.397 e. The number of rotatable bonds is 9. The summed E-state index contributed by atoms with van der Waals surface area (Å²) >= 11 is 6.07. The van der Waals surface area contributed by atoms with Crippen LogP contribution in [0.1, 0.15) is 47.8 Å². The zero-order valence-electron chi connectivity index (χ0n) is 21.5. The van der Waals surface area contributed by atoms with Crippen LogP contribution in [0.3, 0.4) is 0 Å². The van der Waals surface area contributed by atoms with Crippen LogP contribution in [0.2, 0.25) is 5.02 Å². The van der Waals surface area contributed by atoms with E-state index >= 15 is 0 Å². The third kappa shape index (κ3) is 7.84. The number of phenols is 1. The fourth-order valence-electron chi connectivity index (χ4n) is 3.77. The number of guanidine groups is 1. The lowest BCUT2D eigenvalue weighted by Gasteiger charge is -2.29. The Kier molecular flexibility index (Phi) is 9.61. The van der Waals surface area contributed by atoms with E-state index in [4.69, 9.17) is 11.6 Å². The van der Waals surface area contributed by atoms with E-state index < -0.39 is 42.2 Å². The van der Waals surface area contributed by atoms with Crippen molar-refractivity contribution >= 4 is 41.3 Å². The molecule has 2 atom stereocenters. The van der Waals surface area contributed by atoms with Crippen LogP contribution in [0.4, 0.5) is 23.2 Å². The Morgan fingerprint density at radius 3 is 2.55 bits per heavy atom. The lowest BCUT2D eigenvalue weighted by atomic mass is 9.82. The summed E-state index contributed by atoms with van der Waals surface area (Å²) in [6, 6.07) is 6.61. The molecule has 5 N–H and O–H groups in total. The molecule has 0 radical (unpaired) electrons. The third-order valence-corrected chi connectivity index (χ3v) is 6.43. The number of anilines is 1. The molecule has 0 aliphatic carbocycles. The summed E-state index contributed by atoms with van der Waals surface area (Å²) in [6.45, 7) is 1.45. The second-order valence-corrected chi connectivity index (χ2v) is 10.1. The number of nitrogens with zero attached hydrogens (tertiary/aromatic N) is 1. The van der Waals surface area contributed by atoms with Gasteiger partial charge in [-0.05, 0) is 49.2 Å². The van der Waals surface area contributed by atoms with E-state index in [9.17, 15) is 37.1 Å².